The highest BCUT2D eigenvalue weighted by molar-refractivity contribution is 6.32. The Balaban J connectivity index is 0.000000108. The van der Waals surface area contributed by atoms with Crippen LogP contribution in [0.3, 0.4) is 0 Å². The molecule has 6 heterocycles. The molecular formula is C138H92N6. The van der Waals surface area contributed by atoms with Gasteiger partial charge in [-0.25, -0.2) is 0 Å². The summed E-state index contributed by atoms with van der Waals surface area (Å²) in [7, 11) is 0. The normalized spacial score (nSPS) is 11.6. The van der Waals surface area contributed by atoms with Crippen LogP contribution < -0.4 is 0 Å². The molecule has 0 spiro atoms. The second-order valence-electron chi connectivity index (χ2n) is 37.3. The number of hydrogen-bond acceptors (Lipinski definition) is 0. The van der Waals surface area contributed by atoms with E-state index < -0.39 is 0 Å². The molecule has 29 rings (SSSR count). The van der Waals surface area contributed by atoms with Crippen molar-refractivity contribution >= 4 is 131 Å². The minimum Gasteiger partial charge on any atom is -0.309 e. The number of benzene rings is 23. The Labute approximate surface area is 833 Å². The second kappa shape index (κ2) is 35.7. The number of nitrogens with zero attached hydrogens (tertiary/aromatic N) is 6. The molecule has 0 aliphatic heterocycles. The summed E-state index contributed by atoms with van der Waals surface area (Å²) in [6.45, 7) is 0. The van der Waals surface area contributed by atoms with Crippen LogP contribution in [0, 0.1) is 0 Å². The van der Waals surface area contributed by atoms with Gasteiger partial charge in [-0.1, -0.05) is 394 Å². The van der Waals surface area contributed by atoms with Gasteiger partial charge in [-0.2, -0.15) is 0 Å². The van der Waals surface area contributed by atoms with Gasteiger partial charge < -0.3 is 27.4 Å². The lowest BCUT2D eigenvalue weighted by atomic mass is 10.0. The van der Waals surface area contributed by atoms with Crippen molar-refractivity contribution in [2.45, 2.75) is 0 Å². The quantitative estimate of drug-likeness (QED) is 0.104. The summed E-state index contributed by atoms with van der Waals surface area (Å²) in [5.41, 5.74) is 40.9. The van der Waals surface area contributed by atoms with Crippen LogP contribution >= 0.6 is 0 Å². The highest BCUT2D eigenvalue weighted by Gasteiger charge is 2.27. The standard InChI is InChI=1S/2C48H32N2.C42H28N2/c1-4-13-33(14-5-1)36-23-26-39(27-24-36)49-44-28-25-38(35-17-8-3-9-18-35)32-42(44)48-46(49)30-29-45-47(48)41-21-10-11-22-43(41)50(45)40-20-12-19-37(31-40)34-15-6-2-7-16-34;1-4-13-33(14-5-1)36-23-26-39(27-24-36)49-43-22-11-10-21-41(43)47-45(49)29-30-46-48(47)42-32-38(35-17-8-3-9-18-35)25-28-44(42)50(46)40-20-12-19-37(31-40)34-15-6-2-7-16-34;1-4-12-29(13-5-1)31-20-23-34(24-21-31)44-37-19-11-10-18-35(37)41-39(44)26-27-40-42(41)36-28-32(30-14-6-2-7-15-30)22-25-38(36)43(40)33-16-8-3-9-17-33/h2*1-32H;1-28H. The van der Waals surface area contributed by atoms with E-state index in [9.17, 15) is 0 Å². The summed E-state index contributed by atoms with van der Waals surface area (Å²) in [6, 6.07) is 202. The van der Waals surface area contributed by atoms with Gasteiger partial charge >= 0.3 is 0 Å². The van der Waals surface area contributed by atoms with E-state index in [-0.39, 0.29) is 0 Å². The molecule has 0 aliphatic carbocycles. The van der Waals surface area contributed by atoms with Gasteiger partial charge in [-0.05, 0) is 253 Å². The molecule has 0 amide bonds. The van der Waals surface area contributed by atoms with Crippen LogP contribution in [0.25, 0.3) is 254 Å². The summed E-state index contributed by atoms with van der Waals surface area (Å²) in [4.78, 5) is 0. The van der Waals surface area contributed by atoms with Gasteiger partial charge in [0.15, 0.2) is 0 Å². The summed E-state index contributed by atoms with van der Waals surface area (Å²) >= 11 is 0. The van der Waals surface area contributed by atoms with Crippen LogP contribution in [0.2, 0.25) is 0 Å². The maximum atomic E-state index is 2.45. The van der Waals surface area contributed by atoms with E-state index in [1.807, 2.05) is 0 Å². The van der Waals surface area contributed by atoms with E-state index in [2.05, 4.69) is 586 Å². The molecule has 674 valence electrons. The van der Waals surface area contributed by atoms with Gasteiger partial charge in [0.05, 0.1) is 66.2 Å². The molecule has 29 aromatic rings. The van der Waals surface area contributed by atoms with Gasteiger partial charge in [-0.3, -0.25) is 0 Å². The Kier molecular flexibility index (Phi) is 20.9. The fraction of sp³-hybridized carbons (Fsp3) is 0. The number of fused-ring (bicyclic) bond motifs is 21. The molecule has 0 aliphatic rings. The largest absolute Gasteiger partial charge is 0.309 e. The van der Waals surface area contributed by atoms with Crippen LogP contribution in [0.4, 0.5) is 0 Å². The fourth-order valence-corrected chi connectivity index (χ4v) is 22.6. The Morgan fingerprint density at radius 1 is 0.0833 bits per heavy atom. The van der Waals surface area contributed by atoms with Crippen LogP contribution in [-0.2, 0) is 0 Å². The lowest BCUT2D eigenvalue weighted by Crippen LogP contribution is -1.95. The molecule has 23 aromatic carbocycles. The topological polar surface area (TPSA) is 29.6 Å². The number of para-hydroxylation sites is 4. The van der Waals surface area contributed by atoms with Gasteiger partial charge in [0.2, 0.25) is 0 Å². The molecule has 144 heavy (non-hydrogen) atoms. The number of aromatic nitrogens is 6. The molecule has 6 aromatic heterocycles. The predicted octanol–water partition coefficient (Wildman–Crippen LogP) is 37.0. The Hall–Kier alpha value is -19.1. The highest BCUT2D eigenvalue weighted by atomic mass is 15.0. The first-order valence-corrected chi connectivity index (χ1v) is 49.5. The molecular weight excluding hydrogens is 1740 g/mol. The Bertz CT molecular complexity index is 9920. The van der Waals surface area contributed by atoms with E-state index >= 15 is 0 Å². The maximum absolute atomic E-state index is 2.45. The molecule has 0 radical (unpaired) electrons. The average Bonchev–Trinajstić information content (AvgIpc) is 1.55. The number of hydrogen-bond donors (Lipinski definition) is 0. The monoisotopic (exact) mass is 1830 g/mol. The minimum absolute atomic E-state index is 1.15. The lowest BCUT2D eigenvalue weighted by Gasteiger charge is -2.11. The Morgan fingerprint density at radius 2 is 0.236 bits per heavy atom. The first kappa shape index (κ1) is 84.2. The SMILES string of the molecule is c1ccc(-c2ccc(-n3c4ccc(-c5ccccc5)cc4c4c5c6ccccc6n(-c6cccc(-c7ccccc7)c6)c5ccc43)cc2)cc1.c1ccc(-c2ccc(-n3c4ccccc4c4c5c6cc(-c7ccccc7)ccc6n(-c6cccc(-c7ccccc7)c6)c5ccc43)cc2)cc1.c1ccc(-c2ccc(-n3c4ccccc4c4c5c6cc(-c7ccccc7)ccc6n(-c6ccccc6)c5ccc43)cc2)cc1. The first-order valence-electron chi connectivity index (χ1n) is 49.5. The predicted molar refractivity (Wildman–Crippen MR) is 609 cm³/mol. The third-order valence-corrected chi connectivity index (χ3v) is 29.1. The smallest absolute Gasteiger partial charge is 0.0548 e. The van der Waals surface area contributed by atoms with Crippen molar-refractivity contribution in [1.29, 1.82) is 0 Å². The van der Waals surface area contributed by atoms with E-state index in [1.165, 1.54) is 226 Å². The van der Waals surface area contributed by atoms with E-state index in [1.54, 1.807) is 0 Å². The summed E-state index contributed by atoms with van der Waals surface area (Å²) < 4.78 is 14.6. The van der Waals surface area contributed by atoms with E-state index in [0.717, 1.165) is 28.4 Å². The molecule has 6 heteroatoms. The molecule has 0 saturated heterocycles. The van der Waals surface area contributed by atoms with Gasteiger partial charge in [0.1, 0.15) is 0 Å². The van der Waals surface area contributed by atoms with Gasteiger partial charge in [-0.15, -0.1) is 0 Å². The molecule has 0 atom stereocenters. The van der Waals surface area contributed by atoms with Crippen LogP contribution in [0.15, 0.2) is 558 Å². The molecule has 0 saturated carbocycles. The van der Waals surface area contributed by atoms with Crippen molar-refractivity contribution in [3.05, 3.63) is 558 Å². The first-order chi connectivity index (χ1) is 71.5. The van der Waals surface area contributed by atoms with Crippen molar-refractivity contribution < 1.29 is 0 Å². The lowest BCUT2D eigenvalue weighted by molar-refractivity contribution is 1.17. The van der Waals surface area contributed by atoms with Gasteiger partial charge in [0, 0.05) is 98.8 Å². The summed E-state index contributed by atoms with van der Waals surface area (Å²) in [5.74, 6) is 0. The van der Waals surface area contributed by atoms with E-state index in [4.69, 9.17) is 0 Å². The maximum Gasteiger partial charge on any atom is 0.0548 e. The zero-order chi connectivity index (χ0) is 95.1. The second-order valence-corrected chi connectivity index (χ2v) is 37.3. The van der Waals surface area contributed by atoms with Crippen molar-refractivity contribution in [3.63, 3.8) is 0 Å². The zero-order valence-electron chi connectivity index (χ0n) is 78.8. The minimum atomic E-state index is 1.15. The van der Waals surface area contributed by atoms with E-state index in [0.29, 0.717) is 0 Å². The fourth-order valence-electron chi connectivity index (χ4n) is 22.6. The number of rotatable bonds is 14. The van der Waals surface area contributed by atoms with Crippen molar-refractivity contribution in [2.24, 2.45) is 0 Å². The summed E-state index contributed by atoms with van der Waals surface area (Å²) in [6.07, 6.45) is 0. The van der Waals surface area contributed by atoms with Crippen LogP contribution in [-0.4, -0.2) is 27.4 Å². The van der Waals surface area contributed by atoms with Crippen LogP contribution in [0.1, 0.15) is 0 Å². The molecule has 6 nitrogen and oxygen atoms in total. The summed E-state index contributed by atoms with van der Waals surface area (Å²) in [5, 5.41) is 15.2. The highest BCUT2D eigenvalue weighted by Crippen LogP contribution is 2.50. The van der Waals surface area contributed by atoms with Gasteiger partial charge in [0.25, 0.3) is 0 Å². The van der Waals surface area contributed by atoms with Crippen molar-refractivity contribution in [1.82, 2.24) is 27.4 Å². The third kappa shape index (κ3) is 14.6. The zero-order valence-corrected chi connectivity index (χ0v) is 78.8. The van der Waals surface area contributed by atoms with Crippen molar-refractivity contribution in [3.8, 4) is 123 Å². The van der Waals surface area contributed by atoms with Crippen LogP contribution in [0.5, 0.6) is 0 Å². The Morgan fingerprint density at radius 3 is 0.486 bits per heavy atom. The average molecular weight is 1830 g/mol. The molecule has 0 fully saturated rings. The molecule has 0 bridgehead atoms. The molecule has 0 unspecified atom stereocenters. The van der Waals surface area contributed by atoms with Crippen molar-refractivity contribution in [2.75, 3.05) is 0 Å². The molecule has 0 N–H and O–H groups in total. The third-order valence-electron chi connectivity index (χ3n) is 29.1.